The van der Waals surface area contributed by atoms with E-state index in [1.807, 2.05) is 36.1 Å². The van der Waals surface area contributed by atoms with Crippen LogP contribution in [0.25, 0.3) is 0 Å². The van der Waals surface area contributed by atoms with Gasteiger partial charge in [-0.25, -0.2) is 4.57 Å². The Labute approximate surface area is 98.1 Å². The van der Waals surface area contributed by atoms with Crippen molar-refractivity contribution in [3.63, 3.8) is 0 Å². The van der Waals surface area contributed by atoms with Gasteiger partial charge in [0.25, 0.3) is 5.91 Å². The minimum atomic E-state index is 0.00111. The van der Waals surface area contributed by atoms with E-state index in [1.165, 1.54) is 0 Å². The minimum Gasteiger partial charge on any atom is -0.293 e. The number of carbonyl (C=O) groups is 1. The van der Waals surface area contributed by atoms with Crippen molar-refractivity contribution in [3.05, 3.63) is 30.1 Å². The fourth-order valence-electron chi connectivity index (χ4n) is 1.45. The third kappa shape index (κ3) is 2.18. The van der Waals surface area contributed by atoms with Crippen molar-refractivity contribution in [1.82, 2.24) is 4.90 Å². The Morgan fingerprint density at radius 1 is 1.67 bits per heavy atom. The lowest BCUT2D eigenvalue weighted by Crippen LogP contribution is -2.34. The fraction of sp³-hybridized carbons (Fsp3) is 0.300. The first-order valence-electron chi connectivity index (χ1n) is 4.62. The molecule has 1 amide bonds. The maximum absolute atomic E-state index is 12.0. The molecule has 0 spiro atoms. The van der Waals surface area contributed by atoms with Gasteiger partial charge in [0, 0.05) is 18.4 Å². The summed E-state index contributed by atoms with van der Waals surface area (Å²) in [6.45, 7) is 0.723. The van der Waals surface area contributed by atoms with E-state index in [0.29, 0.717) is 9.88 Å². The first-order valence-corrected chi connectivity index (χ1v) is 6.02. The van der Waals surface area contributed by atoms with Crippen LogP contribution >= 0.6 is 24.0 Å². The molecule has 1 fully saturated rings. The predicted molar refractivity (Wildman–Crippen MR) is 63.7 cm³/mol. The van der Waals surface area contributed by atoms with Crippen LogP contribution in [-0.4, -0.2) is 27.4 Å². The first kappa shape index (κ1) is 10.6. The largest absolute Gasteiger partial charge is 0.293 e. The summed E-state index contributed by atoms with van der Waals surface area (Å²) in [4.78, 5) is 13.7. The molecule has 1 aromatic heterocycles. The van der Waals surface area contributed by atoms with Crippen LogP contribution in [0.2, 0.25) is 0 Å². The first-order chi connectivity index (χ1) is 7.18. The Morgan fingerprint density at radius 3 is 3.07 bits per heavy atom. The molecule has 0 radical (unpaired) electrons. The van der Waals surface area contributed by atoms with E-state index < -0.39 is 0 Å². The molecule has 0 aliphatic carbocycles. The van der Waals surface area contributed by atoms with E-state index in [9.17, 15) is 4.79 Å². The minimum absolute atomic E-state index is 0.00111. The third-order valence-electron chi connectivity index (χ3n) is 2.19. The van der Waals surface area contributed by atoms with Gasteiger partial charge in [0.05, 0.1) is 0 Å². The Morgan fingerprint density at radius 2 is 2.47 bits per heavy atom. The topological polar surface area (TPSA) is 24.2 Å². The average molecular weight is 239 g/mol. The number of aryl methyl sites for hydroxylation is 1. The molecule has 1 aliphatic rings. The number of carbonyl (C=O) groups excluding carboxylic acids is 1. The number of hydrogen-bond acceptors (Lipinski definition) is 3. The zero-order valence-corrected chi connectivity index (χ0v) is 9.98. The highest BCUT2D eigenvalue weighted by Gasteiger charge is 2.26. The second kappa shape index (κ2) is 4.28. The maximum atomic E-state index is 12.0. The van der Waals surface area contributed by atoms with Crippen LogP contribution in [0.15, 0.2) is 24.5 Å². The second-order valence-corrected chi connectivity index (χ2v) is 5.06. The highest BCUT2D eigenvalue weighted by atomic mass is 32.2. The summed E-state index contributed by atoms with van der Waals surface area (Å²) < 4.78 is 2.55. The van der Waals surface area contributed by atoms with Gasteiger partial charge in [0.15, 0.2) is 12.4 Å². The molecular weight excluding hydrogens is 228 g/mol. The summed E-state index contributed by atoms with van der Waals surface area (Å²) in [5.41, 5.74) is 0.685. The maximum Gasteiger partial charge on any atom is 0.265 e. The van der Waals surface area contributed by atoms with E-state index in [2.05, 4.69) is 0 Å². The SMILES string of the molecule is C[n+]1cccc(C(=O)N2CCSC2=S)c1. The number of thiocarbonyl (C=S) groups is 1. The zero-order valence-electron chi connectivity index (χ0n) is 8.34. The van der Waals surface area contributed by atoms with E-state index in [4.69, 9.17) is 12.2 Å². The molecule has 0 N–H and O–H groups in total. The predicted octanol–water partition coefficient (Wildman–Crippen LogP) is 0.985. The normalized spacial score (nSPS) is 15.8. The lowest BCUT2D eigenvalue weighted by atomic mass is 10.2. The van der Waals surface area contributed by atoms with Crippen molar-refractivity contribution < 1.29 is 9.36 Å². The van der Waals surface area contributed by atoms with E-state index in [0.717, 1.165) is 12.3 Å². The summed E-state index contributed by atoms with van der Waals surface area (Å²) in [6.07, 6.45) is 3.71. The number of pyridine rings is 1. The van der Waals surface area contributed by atoms with Gasteiger partial charge in [-0.2, -0.15) is 0 Å². The van der Waals surface area contributed by atoms with Crippen molar-refractivity contribution in [1.29, 1.82) is 0 Å². The number of amides is 1. The molecule has 0 atom stereocenters. The molecule has 2 rings (SSSR count). The van der Waals surface area contributed by atoms with Crippen molar-refractivity contribution >= 4 is 34.2 Å². The molecule has 1 aliphatic heterocycles. The van der Waals surface area contributed by atoms with Gasteiger partial charge in [0.2, 0.25) is 0 Å². The number of rotatable bonds is 1. The zero-order chi connectivity index (χ0) is 10.8. The van der Waals surface area contributed by atoms with Gasteiger partial charge in [-0.3, -0.25) is 9.69 Å². The standard InChI is InChI=1S/C10H11N2OS2/c1-11-4-2-3-8(7-11)9(13)12-5-6-15-10(12)14/h2-4,7H,5-6H2,1H3/q+1. The monoisotopic (exact) mass is 239 g/mol. The van der Waals surface area contributed by atoms with Crippen LogP contribution in [0.3, 0.4) is 0 Å². The Balaban J connectivity index is 2.24. The van der Waals surface area contributed by atoms with Crippen LogP contribution in [0.5, 0.6) is 0 Å². The molecule has 15 heavy (non-hydrogen) atoms. The molecule has 3 nitrogen and oxygen atoms in total. The second-order valence-electron chi connectivity index (χ2n) is 3.33. The van der Waals surface area contributed by atoms with Crippen LogP contribution in [0.4, 0.5) is 0 Å². The molecule has 2 heterocycles. The Hall–Kier alpha value is -0.940. The van der Waals surface area contributed by atoms with Gasteiger partial charge in [-0.15, -0.1) is 0 Å². The van der Waals surface area contributed by atoms with Crippen molar-refractivity contribution in [3.8, 4) is 0 Å². The molecule has 1 aromatic rings. The highest BCUT2D eigenvalue weighted by Crippen LogP contribution is 2.19. The molecule has 0 bridgehead atoms. The van der Waals surface area contributed by atoms with Crippen LogP contribution in [0, 0.1) is 0 Å². The summed E-state index contributed by atoms with van der Waals surface area (Å²) in [6, 6.07) is 3.67. The molecule has 0 unspecified atom stereocenters. The van der Waals surface area contributed by atoms with Crippen molar-refractivity contribution in [2.24, 2.45) is 7.05 Å². The summed E-state index contributed by atoms with van der Waals surface area (Å²) in [5.74, 6) is 0.907. The molecule has 0 aromatic carbocycles. The lowest BCUT2D eigenvalue weighted by Gasteiger charge is -2.13. The highest BCUT2D eigenvalue weighted by molar-refractivity contribution is 8.23. The molecule has 0 saturated carbocycles. The quantitative estimate of drug-likeness (QED) is 0.539. The van der Waals surface area contributed by atoms with E-state index in [1.54, 1.807) is 16.7 Å². The Kier molecular flexibility index (Phi) is 3.02. The lowest BCUT2D eigenvalue weighted by molar-refractivity contribution is -0.671. The number of hydrogen-bond donors (Lipinski definition) is 0. The van der Waals surface area contributed by atoms with Gasteiger partial charge in [-0.1, -0.05) is 24.0 Å². The molecular formula is C10H11N2OS2+. The summed E-state index contributed by atoms with van der Waals surface area (Å²) in [7, 11) is 1.90. The van der Waals surface area contributed by atoms with Gasteiger partial charge in [-0.05, 0) is 6.07 Å². The Bertz CT molecular complexity index is 420. The van der Waals surface area contributed by atoms with E-state index in [-0.39, 0.29) is 5.91 Å². The third-order valence-corrected chi connectivity index (χ3v) is 3.62. The van der Waals surface area contributed by atoms with E-state index >= 15 is 0 Å². The summed E-state index contributed by atoms with van der Waals surface area (Å²) in [5, 5.41) is 0. The van der Waals surface area contributed by atoms with Gasteiger partial charge < -0.3 is 0 Å². The van der Waals surface area contributed by atoms with Crippen molar-refractivity contribution in [2.75, 3.05) is 12.3 Å². The molecule has 5 heteroatoms. The summed E-state index contributed by atoms with van der Waals surface area (Å²) >= 11 is 6.67. The fourth-order valence-corrected chi connectivity index (χ4v) is 2.65. The smallest absolute Gasteiger partial charge is 0.265 e. The van der Waals surface area contributed by atoms with Gasteiger partial charge in [0.1, 0.15) is 16.9 Å². The van der Waals surface area contributed by atoms with Crippen LogP contribution in [0.1, 0.15) is 10.4 Å². The van der Waals surface area contributed by atoms with Crippen molar-refractivity contribution in [2.45, 2.75) is 0 Å². The van der Waals surface area contributed by atoms with Crippen LogP contribution in [-0.2, 0) is 7.05 Å². The van der Waals surface area contributed by atoms with Crippen LogP contribution < -0.4 is 4.57 Å². The average Bonchev–Trinajstić information content (AvgIpc) is 2.63. The van der Waals surface area contributed by atoms with Gasteiger partial charge >= 0.3 is 0 Å². The number of thioether (sulfide) groups is 1. The number of nitrogens with zero attached hydrogens (tertiary/aromatic N) is 2. The number of aromatic nitrogens is 1. The molecule has 78 valence electrons. The molecule has 1 saturated heterocycles.